The molecule has 0 fully saturated rings. The van der Waals surface area contributed by atoms with E-state index in [0.717, 1.165) is 18.1 Å². The van der Waals surface area contributed by atoms with E-state index in [1.165, 1.54) is 5.56 Å². The Morgan fingerprint density at radius 1 is 1.25 bits per heavy atom. The van der Waals surface area contributed by atoms with Gasteiger partial charge >= 0.3 is 0 Å². The van der Waals surface area contributed by atoms with Crippen molar-refractivity contribution in [3.05, 3.63) is 47.4 Å². The summed E-state index contributed by atoms with van der Waals surface area (Å²) in [5.74, 6) is 0.774. The SMILES string of the molecule is Clc1nccc(N2Cc3ccccc3N2)n1. The van der Waals surface area contributed by atoms with Gasteiger partial charge in [-0.3, -0.25) is 10.4 Å². The molecular formula is C11H9ClN4. The number of benzene rings is 1. The van der Waals surface area contributed by atoms with Gasteiger partial charge in [0.05, 0.1) is 12.2 Å². The Balaban J connectivity index is 1.91. The van der Waals surface area contributed by atoms with Gasteiger partial charge in [0.25, 0.3) is 0 Å². The van der Waals surface area contributed by atoms with Gasteiger partial charge in [-0.25, -0.2) is 4.98 Å². The van der Waals surface area contributed by atoms with Crippen molar-refractivity contribution in [1.29, 1.82) is 0 Å². The van der Waals surface area contributed by atoms with Gasteiger partial charge in [-0.05, 0) is 23.2 Å². The van der Waals surface area contributed by atoms with Crippen LogP contribution in [0.2, 0.25) is 5.28 Å². The van der Waals surface area contributed by atoms with E-state index in [0.29, 0.717) is 0 Å². The monoisotopic (exact) mass is 232 g/mol. The molecule has 1 aromatic heterocycles. The molecular weight excluding hydrogens is 224 g/mol. The number of hydrogen-bond donors (Lipinski definition) is 1. The third-order valence-corrected chi connectivity index (χ3v) is 2.67. The van der Waals surface area contributed by atoms with Crippen molar-refractivity contribution >= 4 is 23.1 Å². The number of fused-ring (bicyclic) bond motifs is 1. The van der Waals surface area contributed by atoms with Crippen LogP contribution >= 0.6 is 11.6 Å². The second-order valence-electron chi connectivity index (χ2n) is 3.54. The number of hydrazine groups is 1. The number of nitrogens with zero attached hydrogens (tertiary/aromatic N) is 3. The highest BCUT2D eigenvalue weighted by Gasteiger charge is 2.18. The molecule has 1 N–H and O–H groups in total. The molecule has 0 bridgehead atoms. The highest BCUT2D eigenvalue weighted by atomic mass is 35.5. The van der Waals surface area contributed by atoms with Crippen LogP contribution in [0, 0.1) is 0 Å². The minimum Gasteiger partial charge on any atom is -0.296 e. The molecule has 0 saturated heterocycles. The Hall–Kier alpha value is -1.81. The van der Waals surface area contributed by atoms with Crippen LogP contribution in [0.25, 0.3) is 0 Å². The molecule has 0 atom stereocenters. The van der Waals surface area contributed by atoms with E-state index in [9.17, 15) is 0 Å². The number of hydrogen-bond acceptors (Lipinski definition) is 4. The molecule has 0 radical (unpaired) electrons. The van der Waals surface area contributed by atoms with E-state index >= 15 is 0 Å². The summed E-state index contributed by atoms with van der Waals surface area (Å²) in [6, 6.07) is 9.98. The van der Waals surface area contributed by atoms with E-state index in [4.69, 9.17) is 11.6 Å². The molecule has 3 rings (SSSR count). The third kappa shape index (κ3) is 1.57. The van der Waals surface area contributed by atoms with Crippen molar-refractivity contribution < 1.29 is 0 Å². The van der Waals surface area contributed by atoms with Crippen molar-refractivity contribution in [2.75, 3.05) is 10.4 Å². The van der Waals surface area contributed by atoms with Crippen LogP contribution in [0.4, 0.5) is 11.5 Å². The Labute approximate surface area is 97.9 Å². The van der Waals surface area contributed by atoms with E-state index in [-0.39, 0.29) is 5.28 Å². The number of nitrogens with one attached hydrogen (secondary N) is 1. The molecule has 0 spiro atoms. The van der Waals surface area contributed by atoms with Gasteiger partial charge < -0.3 is 0 Å². The lowest BCUT2D eigenvalue weighted by Crippen LogP contribution is -2.23. The molecule has 1 aromatic carbocycles. The van der Waals surface area contributed by atoms with Crippen LogP contribution in [-0.2, 0) is 6.54 Å². The topological polar surface area (TPSA) is 41.1 Å². The molecule has 5 heteroatoms. The molecule has 4 nitrogen and oxygen atoms in total. The Morgan fingerprint density at radius 3 is 2.94 bits per heavy atom. The van der Waals surface area contributed by atoms with E-state index in [1.54, 1.807) is 6.20 Å². The molecule has 16 heavy (non-hydrogen) atoms. The first-order valence-electron chi connectivity index (χ1n) is 4.93. The van der Waals surface area contributed by atoms with Gasteiger partial charge in [0.2, 0.25) is 5.28 Å². The summed E-state index contributed by atoms with van der Waals surface area (Å²) in [7, 11) is 0. The van der Waals surface area contributed by atoms with Crippen molar-refractivity contribution in [1.82, 2.24) is 9.97 Å². The molecule has 0 unspecified atom stereocenters. The van der Waals surface area contributed by atoms with Gasteiger partial charge in [0.1, 0.15) is 0 Å². The Kier molecular flexibility index (Phi) is 2.15. The molecule has 2 heterocycles. The quantitative estimate of drug-likeness (QED) is 0.767. The predicted molar refractivity (Wildman–Crippen MR) is 63.3 cm³/mol. The lowest BCUT2D eigenvalue weighted by atomic mass is 10.2. The molecule has 1 aliphatic heterocycles. The smallest absolute Gasteiger partial charge is 0.224 e. The first kappa shape index (κ1) is 9.42. The van der Waals surface area contributed by atoms with Crippen molar-refractivity contribution in [2.24, 2.45) is 0 Å². The minimum absolute atomic E-state index is 0.259. The maximum Gasteiger partial charge on any atom is 0.224 e. The summed E-state index contributed by atoms with van der Waals surface area (Å²) >= 11 is 5.76. The average molecular weight is 233 g/mol. The van der Waals surface area contributed by atoms with Crippen molar-refractivity contribution in [3.63, 3.8) is 0 Å². The highest BCUT2D eigenvalue weighted by Crippen LogP contribution is 2.27. The lowest BCUT2D eigenvalue weighted by molar-refractivity contribution is 0.928. The zero-order chi connectivity index (χ0) is 11.0. The molecule has 0 saturated carbocycles. The highest BCUT2D eigenvalue weighted by molar-refractivity contribution is 6.28. The standard InChI is InChI=1S/C11H9ClN4/c12-11-13-6-5-10(14-11)16-7-8-3-1-2-4-9(8)15-16/h1-6,15H,7H2. The first-order valence-corrected chi connectivity index (χ1v) is 5.31. The Bertz CT molecular complexity index is 504. The second-order valence-corrected chi connectivity index (χ2v) is 3.88. The van der Waals surface area contributed by atoms with E-state index in [1.807, 2.05) is 29.3 Å². The normalized spacial score (nSPS) is 13.4. The van der Waals surface area contributed by atoms with Gasteiger partial charge in [0, 0.05) is 12.3 Å². The molecule has 2 aromatic rings. The molecule has 80 valence electrons. The minimum atomic E-state index is 0.259. The van der Waals surface area contributed by atoms with Gasteiger partial charge in [0.15, 0.2) is 5.82 Å². The maximum atomic E-state index is 5.76. The first-order chi connectivity index (χ1) is 7.83. The fraction of sp³-hybridized carbons (Fsp3) is 0.0909. The van der Waals surface area contributed by atoms with E-state index in [2.05, 4.69) is 21.5 Å². The summed E-state index contributed by atoms with van der Waals surface area (Å²) in [4.78, 5) is 8.02. The van der Waals surface area contributed by atoms with Crippen molar-refractivity contribution in [3.8, 4) is 0 Å². The fourth-order valence-corrected chi connectivity index (χ4v) is 1.88. The van der Waals surface area contributed by atoms with Crippen molar-refractivity contribution in [2.45, 2.75) is 6.54 Å². The summed E-state index contributed by atoms with van der Waals surface area (Å²) in [5, 5.41) is 2.20. The Morgan fingerprint density at radius 2 is 2.12 bits per heavy atom. The van der Waals surface area contributed by atoms with Crippen LogP contribution in [0.1, 0.15) is 5.56 Å². The largest absolute Gasteiger partial charge is 0.296 e. The number of para-hydroxylation sites is 1. The lowest BCUT2D eigenvalue weighted by Gasteiger charge is -2.16. The summed E-state index contributed by atoms with van der Waals surface area (Å²) < 4.78 is 0. The molecule has 0 aliphatic carbocycles. The maximum absolute atomic E-state index is 5.76. The summed E-state index contributed by atoms with van der Waals surface area (Å²) in [6.45, 7) is 0.781. The molecule has 1 aliphatic rings. The second kappa shape index (κ2) is 3.64. The zero-order valence-electron chi connectivity index (χ0n) is 8.39. The molecule has 0 amide bonds. The van der Waals surface area contributed by atoms with Crippen LogP contribution in [0.5, 0.6) is 0 Å². The fourth-order valence-electron chi connectivity index (χ4n) is 1.74. The van der Waals surface area contributed by atoms with Gasteiger partial charge in [-0.15, -0.1) is 0 Å². The average Bonchev–Trinajstić information content (AvgIpc) is 2.72. The summed E-state index contributed by atoms with van der Waals surface area (Å²) in [5.41, 5.74) is 5.62. The number of halogens is 1. The number of rotatable bonds is 1. The number of aromatic nitrogens is 2. The van der Waals surface area contributed by atoms with Gasteiger partial charge in [-0.2, -0.15) is 4.98 Å². The van der Waals surface area contributed by atoms with Gasteiger partial charge in [-0.1, -0.05) is 18.2 Å². The van der Waals surface area contributed by atoms with E-state index < -0.39 is 0 Å². The third-order valence-electron chi connectivity index (χ3n) is 2.49. The van der Waals surface area contributed by atoms with Crippen LogP contribution in [0.15, 0.2) is 36.5 Å². The zero-order valence-corrected chi connectivity index (χ0v) is 9.15. The predicted octanol–water partition coefficient (Wildman–Crippen LogP) is 2.48. The van der Waals surface area contributed by atoms with Crippen LogP contribution in [0.3, 0.4) is 0 Å². The number of anilines is 2. The van der Waals surface area contributed by atoms with Crippen LogP contribution < -0.4 is 10.4 Å². The van der Waals surface area contributed by atoms with Crippen LogP contribution in [-0.4, -0.2) is 9.97 Å². The summed E-state index contributed by atoms with van der Waals surface area (Å²) in [6.07, 6.45) is 1.65.